The Morgan fingerprint density at radius 2 is 1.80 bits per heavy atom. The first-order valence-corrected chi connectivity index (χ1v) is 7.44. The van der Waals surface area contributed by atoms with E-state index in [4.69, 9.17) is 9.47 Å². The van der Waals surface area contributed by atoms with E-state index < -0.39 is 6.10 Å². The van der Waals surface area contributed by atoms with Gasteiger partial charge in [-0.2, -0.15) is 0 Å². The predicted molar refractivity (Wildman–Crippen MR) is 83.3 cm³/mol. The standard InChI is InChI=1S/C14H13Br2NO3/c1-8(18)12-4-3-9(7-17-12)20-14-6-10(15)13(19-2)5-11(14)16/h3-8,18H,1-2H3. The normalized spacial score (nSPS) is 12.1. The Hall–Kier alpha value is -1.11. The van der Waals surface area contributed by atoms with Crippen molar-refractivity contribution in [3.8, 4) is 17.2 Å². The van der Waals surface area contributed by atoms with Crippen molar-refractivity contribution in [3.63, 3.8) is 0 Å². The fourth-order valence-corrected chi connectivity index (χ4v) is 2.46. The monoisotopic (exact) mass is 401 g/mol. The lowest BCUT2D eigenvalue weighted by atomic mass is 10.2. The van der Waals surface area contributed by atoms with Gasteiger partial charge in [-0.1, -0.05) is 0 Å². The molecule has 0 saturated heterocycles. The summed E-state index contributed by atoms with van der Waals surface area (Å²) in [6.45, 7) is 1.67. The number of methoxy groups -OCH3 is 1. The van der Waals surface area contributed by atoms with Gasteiger partial charge in [0, 0.05) is 0 Å². The molecular formula is C14H13Br2NO3. The van der Waals surface area contributed by atoms with Crippen LogP contribution >= 0.6 is 31.9 Å². The van der Waals surface area contributed by atoms with Crippen LogP contribution in [0.5, 0.6) is 17.2 Å². The Morgan fingerprint density at radius 3 is 2.35 bits per heavy atom. The molecule has 0 fully saturated rings. The molecule has 0 aliphatic carbocycles. The van der Waals surface area contributed by atoms with Crippen LogP contribution in [0.4, 0.5) is 0 Å². The number of aliphatic hydroxyl groups is 1. The van der Waals surface area contributed by atoms with Crippen LogP contribution in [-0.2, 0) is 0 Å². The number of aromatic nitrogens is 1. The Balaban J connectivity index is 2.23. The molecule has 1 aromatic heterocycles. The number of hydrogen-bond acceptors (Lipinski definition) is 4. The quantitative estimate of drug-likeness (QED) is 0.820. The molecular weight excluding hydrogens is 390 g/mol. The van der Waals surface area contributed by atoms with Crippen molar-refractivity contribution < 1.29 is 14.6 Å². The summed E-state index contributed by atoms with van der Waals surface area (Å²) in [7, 11) is 1.60. The van der Waals surface area contributed by atoms with E-state index in [1.54, 1.807) is 32.4 Å². The van der Waals surface area contributed by atoms with Crippen molar-refractivity contribution in [1.82, 2.24) is 4.98 Å². The molecule has 0 saturated carbocycles. The lowest BCUT2D eigenvalue weighted by Gasteiger charge is -2.11. The minimum atomic E-state index is -0.592. The van der Waals surface area contributed by atoms with Gasteiger partial charge in [0.25, 0.3) is 0 Å². The predicted octanol–water partition coefficient (Wildman–Crippen LogP) is 4.46. The Bertz CT molecular complexity index is 600. The largest absolute Gasteiger partial charge is 0.496 e. The molecule has 0 amide bonds. The molecule has 1 aromatic carbocycles. The van der Waals surface area contributed by atoms with Gasteiger partial charge in [0.2, 0.25) is 0 Å². The van der Waals surface area contributed by atoms with Crippen molar-refractivity contribution in [3.05, 3.63) is 45.1 Å². The number of nitrogens with zero attached hydrogens (tertiary/aromatic N) is 1. The highest BCUT2D eigenvalue weighted by atomic mass is 79.9. The third-order valence-electron chi connectivity index (χ3n) is 2.62. The molecule has 106 valence electrons. The summed E-state index contributed by atoms with van der Waals surface area (Å²) >= 11 is 6.84. The average Bonchev–Trinajstić information content (AvgIpc) is 2.43. The number of ether oxygens (including phenoxy) is 2. The van der Waals surface area contributed by atoms with Gasteiger partial charge in [-0.3, -0.25) is 4.98 Å². The highest BCUT2D eigenvalue weighted by molar-refractivity contribution is 9.11. The maximum Gasteiger partial charge on any atom is 0.145 e. The number of rotatable bonds is 4. The number of benzene rings is 1. The maximum absolute atomic E-state index is 9.41. The lowest BCUT2D eigenvalue weighted by molar-refractivity contribution is 0.194. The maximum atomic E-state index is 9.41. The van der Waals surface area contributed by atoms with E-state index >= 15 is 0 Å². The topological polar surface area (TPSA) is 51.6 Å². The summed E-state index contributed by atoms with van der Waals surface area (Å²) in [6.07, 6.45) is 0.984. The second kappa shape index (κ2) is 6.56. The van der Waals surface area contributed by atoms with Crippen LogP contribution in [0.25, 0.3) is 0 Å². The van der Waals surface area contributed by atoms with Gasteiger partial charge >= 0.3 is 0 Å². The van der Waals surface area contributed by atoms with E-state index in [1.165, 1.54) is 0 Å². The van der Waals surface area contributed by atoms with E-state index in [-0.39, 0.29) is 0 Å². The zero-order valence-electron chi connectivity index (χ0n) is 10.9. The van der Waals surface area contributed by atoms with Crippen LogP contribution in [0.15, 0.2) is 39.4 Å². The second-order valence-electron chi connectivity index (χ2n) is 4.11. The minimum Gasteiger partial charge on any atom is -0.496 e. The van der Waals surface area contributed by atoms with Crippen LogP contribution in [0.1, 0.15) is 18.7 Å². The van der Waals surface area contributed by atoms with Crippen molar-refractivity contribution in [1.29, 1.82) is 0 Å². The van der Waals surface area contributed by atoms with Crippen LogP contribution in [0.2, 0.25) is 0 Å². The Morgan fingerprint density at radius 1 is 1.15 bits per heavy atom. The molecule has 0 spiro atoms. The zero-order valence-corrected chi connectivity index (χ0v) is 14.1. The fourth-order valence-electron chi connectivity index (χ4n) is 1.57. The Kier molecular flexibility index (Phi) is 5.01. The average molecular weight is 403 g/mol. The van der Waals surface area contributed by atoms with E-state index in [9.17, 15) is 5.11 Å². The first-order valence-electron chi connectivity index (χ1n) is 5.86. The molecule has 4 nitrogen and oxygen atoms in total. The SMILES string of the molecule is COc1cc(Br)c(Oc2ccc(C(C)O)nc2)cc1Br. The molecule has 1 unspecified atom stereocenters. The van der Waals surface area contributed by atoms with Gasteiger partial charge in [0.1, 0.15) is 17.2 Å². The molecule has 20 heavy (non-hydrogen) atoms. The van der Waals surface area contributed by atoms with Crippen LogP contribution in [-0.4, -0.2) is 17.2 Å². The van der Waals surface area contributed by atoms with Crippen molar-refractivity contribution in [2.75, 3.05) is 7.11 Å². The number of hydrogen-bond donors (Lipinski definition) is 1. The summed E-state index contributed by atoms with van der Waals surface area (Å²) in [5, 5.41) is 9.41. The van der Waals surface area contributed by atoms with E-state index in [0.29, 0.717) is 22.9 Å². The molecule has 0 aliphatic heterocycles. The summed E-state index contributed by atoms with van der Waals surface area (Å²) in [5.74, 6) is 1.95. The fraction of sp³-hybridized carbons (Fsp3) is 0.214. The van der Waals surface area contributed by atoms with Crippen LogP contribution in [0.3, 0.4) is 0 Å². The third kappa shape index (κ3) is 3.50. The zero-order chi connectivity index (χ0) is 14.7. The summed E-state index contributed by atoms with van der Waals surface area (Å²) in [6, 6.07) is 7.12. The van der Waals surface area contributed by atoms with Crippen molar-refractivity contribution in [2.45, 2.75) is 13.0 Å². The lowest BCUT2D eigenvalue weighted by Crippen LogP contribution is -1.95. The summed E-state index contributed by atoms with van der Waals surface area (Å²) in [5.41, 5.74) is 0.604. The highest BCUT2D eigenvalue weighted by Crippen LogP contribution is 2.38. The molecule has 6 heteroatoms. The molecule has 1 heterocycles. The molecule has 2 aromatic rings. The van der Waals surface area contributed by atoms with Crippen LogP contribution < -0.4 is 9.47 Å². The molecule has 0 aliphatic rings. The summed E-state index contributed by atoms with van der Waals surface area (Å²) in [4.78, 5) is 4.13. The van der Waals surface area contributed by atoms with E-state index in [1.807, 2.05) is 12.1 Å². The molecule has 1 N–H and O–H groups in total. The van der Waals surface area contributed by atoms with Gasteiger partial charge in [-0.15, -0.1) is 0 Å². The molecule has 0 bridgehead atoms. The van der Waals surface area contributed by atoms with Gasteiger partial charge in [0.05, 0.1) is 34.0 Å². The third-order valence-corrected chi connectivity index (χ3v) is 3.86. The minimum absolute atomic E-state index is 0.590. The van der Waals surface area contributed by atoms with Gasteiger partial charge < -0.3 is 14.6 Å². The van der Waals surface area contributed by atoms with Gasteiger partial charge in [0.15, 0.2) is 0 Å². The van der Waals surface area contributed by atoms with Crippen molar-refractivity contribution in [2.24, 2.45) is 0 Å². The summed E-state index contributed by atoms with van der Waals surface area (Å²) < 4.78 is 12.5. The Labute approximate surface area is 134 Å². The number of pyridine rings is 1. The first kappa shape index (κ1) is 15.3. The molecule has 1 atom stereocenters. The van der Waals surface area contributed by atoms with Crippen molar-refractivity contribution >= 4 is 31.9 Å². The number of aliphatic hydroxyl groups excluding tert-OH is 1. The van der Waals surface area contributed by atoms with Gasteiger partial charge in [-0.25, -0.2) is 0 Å². The first-order chi connectivity index (χ1) is 9.51. The van der Waals surface area contributed by atoms with E-state index in [2.05, 4.69) is 36.8 Å². The molecule has 2 rings (SSSR count). The van der Waals surface area contributed by atoms with E-state index in [0.717, 1.165) is 8.95 Å². The smallest absolute Gasteiger partial charge is 0.145 e. The van der Waals surface area contributed by atoms with Gasteiger partial charge in [-0.05, 0) is 63.0 Å². The molecule has 0 radical (unpaired) electrons. The highest BCUT2D eigenvalue weighted by Gasteiger charge is 2.10. The van der Waals surface area contributed by atoms with Crippen LogP contribution in [0, 0.1) is 0 Å². The second-order valence-corrected chi connectivity index (χ2v) is 5.82. The number of halogens is 2.